The molecule has 0 aliphatic carbocycles. The van der Waals surface area contributed by atoms with Gasteiger partial charge in [-0.1, -0.05) is 35.5 Å². The number of benzene rings is 2. The van der Waals surface area contributed by atoms with Crippen molar-refractivity contribution in [3.63, 3.8) is 0 Å². The van der Waals surface area contributed by atoms with Gasteiger partial charge in [-0.25, -0.2) is 21.9 Å². The zero-order valence-electron chi connectivity index (χ0n) is 21.7. The summed E-state index contributed by atoms with van der Waals surface area (Å²) in [7, 11) is -2.17. The minimum absolute atomic E-state index is 0.0214. The van der Waals surface area contributed by atoms with Crippen LogP contribution in [0, 0.1) is 24.5 Å². The summed E-state index contributed by atoms with van der Waals surface area (Å²) in [5, 5.41) is 8.31. The fraction of sp³-hybridized carbons (Fsp3) is 0.321. The summed E-state index contributed by atoms with van der Waals surface area (Å²) >= 11 is 0. The van der Waals surface area contributed by atoms with Crippen LogP contribution in [0.25, 0.3) is 33.2 Å². The molecule has 202 valence electrons. The van der Waals surface area contributed by atoms with Gasteiger partial charge in [0.25, 0.3) is 0 Å². The predicted octanol–water partition coefficient (Wildman–Crippen LogP) is 4.99. The van der Waals surface area contributed by atoms with Gasteiger partial charge in [0, 0.05) is 43.7 Å². The van der Waals surface area contributed by atoms with E-state index in [1.165, 1.54) is 0 Å². The Morgan fingerprint density at radius 1 is 1.10 bits per heavy atom. The number of hydrogen-bond donors (Lipinski definition) is 0. The van der Waals surface area contributed by atoms with Gasteiger partial charge in [0.05, 0.1) is 38.9 Å². The van der Waals surface area contributed by atoms with Crippen LogP contribution >= 0.6 is 0 Å². The monoisotopic (exact) mass is 551 g/mol. The van der Waals surface area contributed by atoms with Crippen molar-refractivity contribution in [3.05, 3.63) is 71.6 Å². The second-order valence-electron chi connectivity index (χ2n) is 10.1. The SMILES string of the molecule is Cc1nnn(C)c1-c1cnc2c3c(S(C)(=O)=O)cc(F)c(F)c3n(C(c3ccccc3)C3CCOCC3)c2c1. The maximum atomic E-state index is 15.9. The van der Waals surface area contributed by atoms with Gasteiger partial charge in [0.1, 0.15) is 0 Å². The molecule has 1 fully saturated rings. The van der Waals surface area contributed by atoms with Crippen LogP contribution < -0.4 is 0 Å². The Morgan fingerprint density at radius 2 is 1.82 bits per heavy atom. The molecule has 1 atom stereocenters. The fourth-order valence-corrected chi connectivity index (χ4v) is 6.76. The smallest absolute Gasteiger partial charge is 0.183 e. The van der Waals surface area contributed by atoms with Crippen molar-refractivity contribution in [2.75, 3.05) is 19.5 Å². The predicted molar refractivity (Wildman–Crippen MR) is 143 cm³/mol. The third kappa shape index (κ3) is 4.20. The van der Waals surface area contributed by atoms with E-state index in [4.69, 9.17) is 4.74 Å². The first-order valence-corrected chi connectivity index (χ1v) is 14.6. The molecule has 0 radical (unpaired) electrons. The van der Waals surface area contributed by atoms with Gasteiger partial charge in [-0.2, -0.15) is 0 Å². The van der Waals surface area contributed by atoms with Crippen LogP contribution in [0.2, 0.25) is 0 Å². The highest BCUT2D eigenvalue weighted by Crippen LogP contribution is 2.44. The number of aryl methyl sites for hydroxylation is 2. The summed E-state index contributed by atoms with van der Waals surface area (Å²) in [6, 6.07) is 11.8. The van der Waals surface area contributed by atoms with Crippen molar-refractivity contribution in [3.8, 4) is 11.3 Å². The fourth-order valence-electron chi connectivity index (χ4n) is 5.88. The molecular weight excluding hydrogens is 524 g/mol. The highest BCUT2D eigenvalue weighted by molar-refractivity contribution is 7.91. The lowest BCUT2D eigenvalue weighted by atomic mass is 9.86. The minimum Gasteiger partial charge on any atom is -0.381 e. The van der Waals surface area contributed by atoms with E-state index >= 15 is 8.78 Å². The zero-order valence-corrected chi connectivity index (χ0v) is 22.5. The van der Waals surface area contributed by atoms with E-state index in [1.54, 1.807) is 22.5 Å². The lowest BCUT2D eigenvalue weighted by molar-refractivity contribution is 0.0552. The molecule has 0 amide bonds. The quantitative estimate of drug-likeness (QED) is 0.286. The van der Waals surface area contributed by atoms with Crippen molar-refractivity contribution in [2.24, 2.45) is 13.0 Å². The highest BCUT2D eigenvalue weighted by Gasteiger charge is 2.34. The Bertz CT molecular complexity index is 1810. The molecular formula is C28H27F2N5O3S. The van der Waals surface area contributed by atoms with Crippen LogP contribution in [0.5, 0.6) is 0 Å². The summed E-state index contributed by atoms with van der Waals surface area (Å²) < 4.78 is 65.9. The van der Waals surface area contributed by atoms with E-state index in [0.29, 0.717) is 42.8 Å². The number of halogens is 2. The molecule has 4 heterocycles. The van der Waals surface area contributed by atoms with Gasteiger partial charge >= 0.3 is 0 Å². The maximum absolute atomic E-state index is 15.9. The largest absolute Gasteiger partial charge is 0.381 e. The lowest BCUT2D eigenvalue weighted by Crippen LogP contribution is -2.27. The third-order valence-corrected chi connectivity index (χ3v) is 8.68. The summed E-state index contributed by atoms with van der Waals surface area (Å²) in [6.45, 7) is 2.91. The standard InChI is InChI=1S/C28H27F2N5O3S/c1-16-26(34(2)33-32-16)19-13-21-25(31-15-19)23-22(39(3,36)37)14-20(29)24(30)28(23)35(21)27(17-7-5-4-6-8-17)18-9-11-38-12-10-18/h4-8,13-15,18,27H,9-12H2,1-3H3. The molecule has 0 saturated carbocycles. The first-order chi connectivity index (χ1) is 18.7. The third-order valence-electron chi connectivity index (χ3n) is 7.56. The topological polar surface area (TPSA) is 91.9 Å². The first-order valence-electron chi connectivity index (χ1n) is 12.7. The number of ether oxygens (including phenoxy) is 1. The highest BCUT2D eigenvalue weighted by atomic mass is 32.2. The van der Waals surface area contributed by atoms with Crippen LogP contribution in [-0.4, -0.2) is 52.4 Å². The first kappa shape index (κ1) is 25.6. The molecule has 5 aromatic rings. The minimum atomic E-state index is -3.93. The number of aromatic nitrogens is 5. The van der Waals surface area contributed by atoms with Crippen LogP contribution in [0.1, 0.15) is 30.1 Å². The Balaban J connectivity index is 1.79. The second kappa shape index (κ2) is 9.49. The number of pyridine rings is 1. The number of sulfone groups is 1. The second-order valence-corrected chi connectivity index (χ2v) is 12.1. The molecule has 3 aromatic heterocycles. The van der Waals surface area contributed by atoms with Gasteiger partial charge in [-0.05, 0) is 43.4 Å². The Morgan fingerprint density at radius 3 is 2.46 bits per heavy atom. The Kier molecular flexibility index (Phi) is 6.22. The number of fused-ring (bicyclic) bond motifs is 3. The van der Waals surface area contributed by atoms with E-state index in [2.05, 4.69) is 15.3 Å². The van der Waals surface area contributed by atoms with Crippen LogP contribution in [0.15, 0.2) is 53.6 Å². The van der Waals surface area contributed by atoms with Crippen molar-refractivity contribution >= 4 is 31.8 Å². The normalized spacial score (nSPS) is 15.8. The van der Waals surface area contributed by atoms with Gasteiger partial charge < -0.3 is 9.30 Å². The van der Waals surface area contributed by atoms with Crippen LogP contribution in [0.4, 0.5) is 8.78 Å². The number of rotatable bonds is 5. The van der Waals surface area contributed by atoms with Crippen molar-refractivity contribution in [1.82, 2.24) is 24.5 Å². The molecule has 6 rings (SSSR count). The summed E-state index contributed by atoms with van der Waals surface area (Å²) in [5.41, 5.74) is 3.65. The molecule has 1 unspecified atom stereocenters. The summed E-state index contributed by atoms with van der Waals surface area (Å²) in [4.78, 5) is 4.37. The maximum Gasteiger partial charge on any atom is 0.183 e. The van der Waals surface area contributed by atoms with E-state index < -0.39 is 27.5 Å². The van der Waals surface area contributed by atoms with E-state index in [1.807, 2.05) is 43.3 Å². The molecule has 2 aromatic carbocycles. The molecule has 0 N–H and O–H groups in total. The van der Waals surface area contributed by atoms with Gasteiger partial charge in [0.15, 0.2) is 21.5 Å². The van der Waals surface area contributed by atoms with Crippen molar-refractivity contribution in [1.29, 1.82) is 0 Å². The van der Waals surface area contributed by atoms with Crippen molar-refractivity contribution < 1.29 is 21.9 Å². The molecule has 8 nitrogen and oxygen atoms in total. The Labute approximate surface area is 224 Å². The van der Waals surface area contributed by atoms with E-state index in [0.717, 1.165) is 23.6 Å². The molecule has 1 aliphatic heterocycles. The average Bonchev–Trinajstić information content (AvgIpc) is 3.43. The molecule has 0 spiro atoms. The van der Waals surface area contributed by atoms with Gasteiger partial charge in [0.2, 0.25) is 0 Å². The van der Waals surface area contributed by atoms with Crippen LogP contribution in [-0.2, 0) is 21.6 Å². The molecule has 0 bridgehead atoms. The molecule has 1 aliphatic rings. The molecule has 11 heteroatoms. The lowest BCUT2D eigenvalue weighted by Gasteiger charge is -2.33. The summed E-state index contributed by atoms with van der Waals surface area (Å²) in [6.07, 6.45) is 3.99. The van der Waals surface area contributed by atoms with E-state index in [-0.39, 0.29) is 27.2 Å². The molecule has 1 saturated heterocycles. The Hall–Kier alpha value is -3.70. The average molecular weight is 552 g/mol. The van der Waals surface area contributed by atoms with E-state index in [9.17, 15) is 8.42 Å². The van der Waals surface area contributed by atoms with Crippen molar-refractivity contribution in [2.45, 2.75) is 30.7 Å². The summed E-state index contributed by atoms with van der Waals surface area (Å²) in [5.74, 6) is -2.31. The number of nitrogens with zero attached hydrogens (tertiary/aromatic N) is 5. The van der Waals surface area contributed by atoms with Crippen LogP contribution in [0.3, 0.4) is 0 Å². The van der Waals surface area contributed by atoms with Gasteiger partial charge in [-0.3, -0.25) is 4.98 Å². The number of hydrogen-bond acceptors (Lipinski definition) is 6. The molecule has 39 heavy (non-hydrogen) atoms. The van der Waals surface area contributed by atoms with Gasteiger partial charge in [-0.15, -0.1) is 5.10 Å². The zero-order chi connectivity index (χ0) is 27.5.